The van der Waals surface area contributed by atoms with Crippen LogP contribution in [0.3, 0.4) is 0 Å². The van der Waals surface area contributed by atoms with E-state index in [1.807, 2.05) is 0 Å². The van der Waals surface area contributed by atoms with Gasteiger partial charge in [0.25, 0.3) is 0 Å². The highest BCUT2D eigenvalue weighted by molar-refractivity contribution is 6.17. The standard InChI is InChI=1S/C36H25F3N4O7/c37-22-11-13-29(27(38)19-22)41-32(44)36(16-17-36)33(45)42-30-14-12-25(20-28(30)39)48-26-15-18-40-31(21-26)43(34(46)49-23-7-3-1-4-8-23)35(47)50-24-9-5-2-6-10-24/h1-15,18-21H,16-17H2,(H,41,44)(H,42,45). The number of anilines is 3. The first-order valence-electron chi connectivity index (χ1n) is 15.0. The van der Waals surface area contributed by atoms with Gasteiger partial charge in [-0.1, -0.05) is 36.4 Å². The number of pyridine rings is 1. The molecule has 2 N–H and O–H groups in total. The van der Waals surface area contributed by atoms with Crippen LogP contribution in [0.2, 0.25) is 0 Å². The van der Waals surface area contributed by atoms with Gasteiger partial charge in [0.2, 0.25) is 11.8 Å². The van der Waals surface area contributed by atoms with Crippen molar-refractivity contribution >= 4 is 41.2 Å². The average Bonchev–Trinajstić information content (AvgIpc) is 3.91. The molecule has 252 valence electrons. The van der Waals surface area contributed by atoms with Crippen molar-refractivity contribution < 1.29 is 46.6 Å². The molecule has 0 aliphatic heterocycles. The fourth-order valence-electron chi connectivity index (χ4n) is 4.67. The molecule has 0 bridgehead atoms. The van der Waals surface area contributed by atoms with Crippen LogP contribution < -0.4 is 29.7 Å². The summed E-state index contributed by atoms with van der Waals surface area (Å²) in [6.07, 6.45) is -0.743. The molecule has 6 rings (SSSR count). The third kappa shape index (κ3) is 7.54. The molecule has 0 atom stereocenters. The number of benzene rings is 4. The third-order valence-electron chi connectivity index (χ3n) is 7.43. The van der Waals surface area contributed by atoms with Gasteiger partial charge in [0.05, 0.1) is 11.4 Å². The van der Waals surface area contributed by atoms with Crippen LogP contribution in [0.1, 0.15) is 12.8 Å². The molecule has 5 aromatic rings. The summed E-state index contributed by atoms with van der Waals surface area (Å²) in [6.45, 7) is 0. The molecule has 1 fully saturated rings. The van der Waals surface area contributed by atoms with Gasteiger partial charge in [-0.05, 0) is 67.4 Å². The predicted octanol–water partition coefficient (Wildman–Crippen LogP) is 7.85. The molecule has 50 heavy (non-hydrogen) atoms. The Bertz CT molecular complexity index is 2030. The monoisotopic (exact) mass is 682 g/mol. The SMILES string of the molecule is O=C(Oc1ccccc1)N(C(=O)Oc1ccccc1)c1cc(Oc2ccc(NC(=O)C3(C(=O)Nc4ccc(F)cc4F)CC3)c(F)c2)ccn1. The van der Waals surface area contributed by atoms with Crippen LogP contribution in [-0.2, 0) is 9.59 Å². The number of carbonyl (C=O) groups excluding carboxylic acids is 4. The number of hydrogen-bond donors (Lipinski definition) is 2. The molecule has 1 saturated carbocycles. The molecular formula is C36H25F3N4O7. The van der Waals surface area contributed by atoms with Crippen molar-refractivity contribution in [1.29, 1.82) is 0 Å². The Morgan fingerprint density at radius 2 is 1.14 bits per heavy atom. The third-order valence-corrected chi connectivity index (χ3v) is 7.43. The number of carbonyl (C=O) groups is 4. The van der Waals surface area contributed by atoms with E-state index in [0.29, 0.717) is 11.0 Å². The summed E-state index contributed by atoms with van der Waals surface area (Å²) in [5.41, 5.74) is -2.12. The number of aromatic nitrogens is 1. The van der Waals surface area contributed by atoms with Gasteiger partial charge in [0.15, 0.2) is 5.82 Å². The Kier molecular flexibility index (Phi) is 9.43. The van der Waals surface area contributed by atoms with E-state index in [9.17, 15) is 28.0 Å². The minimum Gasteiger partial charge on any atom is -0.457 e. The highest BCUT2D eigenvalue weighted by Crippen LogP contribution is 2.48. The second-order valence-corrected chi connectivity index (χ2v) is 10.9. The Morgan fingerprint density at radius 3 is 1.66 bits per heavy atom. The normalized spacial score (nSPS) is 12.6. The number of halogens is 3. The summed E-state index contributed by atoms with van der Waals surface area (Å²) in [5, 5.41) is 4.67. The van der Waals surface area contributed by atoms with E-state index in [1.165, 1.54) is 54.7 Å². The molecular weight excluding hydrogens is 657 g/mol. The van der Waals surface area contributed by atoms with Crippen molar-refractivity contribution in [3.05, 3.63) is 133 Å². The minimum absolute atomic E-state index is 0.0337. The molecule has 4 amide bonds. The van der Waals surface area contributed by atoms with Gasteiger partial charge in [0.1, 0.15) is 45.9 Å². The Hall–Kier alpha value is -6.70. The van der Waals surface area contributed by atoms with Gasteiger partial charge in [-0.25, -0.2) is 27.7 Å². The fraction of sp³-hybridized carbons (Fsp3) is 0.0833. The number of hydrogen-bond acceptors (Lipinski definition) is 8. The van der Waals surface area contributed by atoms with Crippen LogP contribution in [0.25, 0.3) is 0 Å². The molecule has 0 unspecified atom stereocenters. The molecule has 0 radical (unpaired) electrons. The average molecular weight is 683 g/mol. The Morgan fingerprint density at radius 1 is 0.620 bits per heavy atom. The zero-order chi connectivity index (χ0) is 35.3. The van der Waals surface area contributed by atoms with Crippen molar-refractivity contribution in [2.24, 2.45) is 5.41 Å². The quantitative estimate of drug-likeness (QED) is 0.150. The molecule has 11 nitrogen and oxygen atoms in total. The number of imide groups is 1. The molecule has 1 heterocycles. The smallest absolute Gasteiger partial charge is 0.430 e. The fourth-order valence-corrected chi connectivity index (χ4v) is 4.67. The first-order chi connectivity index (χ1) is 24.1. The first-order valence-corrected chi connectivity index (χ1v) is 15.0. The molecule has 0 spiro atoms. The lowest BCUT2D eigenvalue weighted by Gasteiger charge is -2.19. The predicted molar refractivity (Wildman–Crippen MR) is 173 cm³/mol. The van der Waals surface area contributed by atoms with E-state index in [4.69, 9.17) is 14.2 Å². The number of rotatable bonds is 9. The highest BCUT2D eigenvalue weighted by Gasteiger charge is 2.56. The number of amides is 4. The molecule has 4 aromatic carbocycles. The maximum absolute atomic E-state index is 15.2. The van der Waals surface area contributed by atoms with E-state index in [-0.39, 0.29) is 53.0 Å². The Labute approximate surface area is 282 Å². The number of nitrogens with one attached hydrogen (secondary N) is 2. The minimum atomic E-state index is -1.56. The second kappa shape index (κ2) is 14.2. The molecule has 1 aromatic heterocycles. The van der Waals surface area contributed by atoms with E-state index in [0.717, 1.165) is 18.2 Å². The van der Waals surface area contributed by atoms with E-state index < -0.39 is 46.9 Å². The van der Waals surface area contributed by atoms with Gasteiger partial charge < -0.3 is 24.8 Å². The molecule has 14 heteroatoms. The van der Waals surface area contributed by atoms with Crippen LogP contribution in [0.5, 0.6) is 23.0 Å². The van der Waals surface area contributed by atoms with Crippen LogP contribution in [-0.4, -0.2) is 29.0 Å². The molecule has 1 aliphatic rings. The maximum atomic E-state index is 15.2. The van der Waals surface area contributed by atoms with Crippen molar-refractivity contribution in [2.75, 3.05) is 15.5 Å². The maximum Gasteiger partial charge on any atom is 0.430 e. The van der Waals surface area contributed by atoms with Crippen LogP contribution >= 0.6 is 0 Å². The van der Waals surface area contributed by atoms with Crippen molar-refractivity contribution in [1.82, 2.24) is 4.98 Å². The summed E-state index contributed by atoms with van der Waals surface area (Å²) in [4.78, 5) is 56.9. The van der Waals surface area contributed by atoms with Gasteiger partial charge >= 0.3 is 12.2 Å². The topological polar surface area (TPSA) is 136 Å². The highest BCUT2D eigenvalue weighted by atomic mass is 19.1. The zero-order valence-electron chi connectivity index (χ0n) is 25.8. The van der Waals surface area contributed by atoms with Crippen molar-refractivity contribution in [3.8, 4) is 23.0 Å². The van der Waals surface area contributed by atoms with Gasteiger partial charge in [-0.15, -0.1) is 0 Å². The summed E-state index contributed by atoms with van der Waals surface area (Å²) < 4.78 is 58.9. The van der Waals surface area contributed by atoms with Gasteiger partial charge in [-0.2, -0.15) is 4.90 Å². The summed E-state index contributed by atoms with van der Waals surface area (Å²) in [7, 11) is 0. The van der Waals surface area contributed by atoms with Crippen molar-refractivity contribution in [2.45, 2.75) is 12.8 Å². The summed E-state index contributed by atoms with van der Waals surface area (Å²) in [5.74, 6) is -4.30. The summed E-state index contributed by atoms with van der Waals surface area (Å²) >= 11 is 0. The zero-order valence-corrected chi connectivity index (χ0v) is 25.8. The summed E-state index contributed by atoms with van der Waals surface area (Å²) in [6, 6.07) is 24.7. The van der Waals surface area contributed by atoms with Crippen LogP contribution in [0.15, 0.2) is 115 Å². The van der Waals surface area contributed by atoms with Crippen LogP contribution in [0.4, 0.5) is 40.0 Å². The van der Waals surface area contributed by atoms with Crippen LogP contribution in [0, 0.1) is 22.9 Å². The lowest BCUT2D eigenvalue weighted by atomic mass is 10.0. The van der Waals surface area contributed by atoms with E-state index >= 15 is 4.39 Å². The lowest BCUT2D eigenvalue weighted by molar-refractivity contribution is -0.131. The van der Waals surface area contributed by atoms with E-state index in [1.54, 1.807) is 36.4 Å². The number of ether oxygens (including phenoxy) is 3. The Balaban J connectivity index is 1.16. The largest absolute Gasteiger partial charge is 0.457 e. The number of para-hydroxylation sites is 2. The van der Waals surface area contributed by atoms with Gasteiger partial charge in [0, 0.05) is 24.4 Å². The molecule has 0 saturated heterocycles. The van der Waals surface area contributed by atoms with E-state index in [2.05, 4.69) is 15.6 Å². The molecule has 1 aliphatic carbocycles. The van der Waals surface area contributed by atoms with Gasteiger partial charge in [-0.3, -0.25) is 9.59 Å². The number of nitrogens with zero attached hydrogens (tertiary/aromatic N) is 2. The first kappa shape index (κ1) is 33.2. The second-order valence-electron chi connectivity index (χ2n) is 10.9. The lowest BCUT2D eigenvalue weighted by Crippen LogP contribution is -2.41. The van der Waals surface area contributed by atoms with Crippen molar-refractivity contribution in [3.63, 3.8) is 0 Å².